The Hall–Kier alpha value is -4.54. The molecule has 0 spiro atoms. The Morgan fingerprint density at radius 3 is 2.40 bits per heavy atom. The van der Waals surface area contributed by atoms with Crippen molar-refractivity contribution in [1.29, 1.82) is 0 Å². The van der Waals surface area contributed by atoms with E-state index < -0.39 is 22.0 Å². The zero-order valence-electron chi connectivity index (χ0n) is 21.0. The number of amides is 3. The number of carbonyl (C=O) groups is 3. The molecule has 3 aromatic carbocycles. The van der Waals surface area contributed by atoms with Crippen LogP contribution in [0, 0.1) is 0 Å². The zero-order valence-corrected chi connectivity index (χ0v) is 22.5. The van der Waals surface area contributed by atoms with Gasteiger partial charge in [-0.1, -0.05) is 48.0 Å². The van der Waals surface area contributed by atoms with Gasteiger partial charge in [0.2, 0.25) is 5.91 Å². The summed E-state index contributed by atoms with van der Waals surface area (Å²) in [6.07, 6.45) is 3.49. The average Bonchev–Trinajstić information content (AvgIpc) is 3.04. The molecule has 2 N–H and O–H groups in total. The van der Waals surface area contributed by atoms with Gasteiger partial charge in [-0.3, -0.25) is 19.4 Å². The van der Waals surface area contributed by atoms with E-state index in [4.69, 9.17) is 11.6 Å². The minimum Gasteiger partial charge on any atom is -0.323 e. The fraction of sp³-hybridized carbons (Fsp3) is 0.103. The summed E-state index contributed by atoms with van der Waals surface area (Å²) in [4.78, 5) is 45.3. The lowest BCUT2D eigenvalue weighted by Gasteiger charge is -2.29. The molecule has 0 bridgehead atoms. The number of carbonyl (C=O) groups excluding carboxylic acids is 3. The molecule has 11 heteroatoms. The fourth-order valence-corrected chi connectivity index (χ4v) is 5.55. The van der Waals surface area contributed by atoms with Crippen molar-refractivity contribution >= 4 is 45.0 Å². The number of anilines is 1. The minimum atomic E-state index is -4.04. The third-order valence-electron chi connectivity index (χ3n) is 6.41. The number of hydrogen-bond donors (Lipinski definition) is 2. The second kappa shape index (κ2) is 11.3. The molecule has 1 aromatic heterocycles. The maximum atomic E-state index is 13.7. The van der Waals surface area contributed by atoms with Crippen molar-refractivity contribution in [2.24, 2.45) is 0 Å². The molecule has 0 fully saturated rings. The molecule has 0 saturated carbocycles. The third kappa shape index (κ3) is 5.88. The summed E-state index contributed by atoms with van der Waals surface area (Å²) in [6, 6.07) is 21.2. The highest BCUT2D eigenvalue weighted by Crippen LogP contribution is 2.29. The Labute approximate surface area is 235 Å². The summed E-state index contributed by atoms with van der Waals surface area (Å²) in [5.74, 6) is -1.53. The number of nitrogens with zero attached hydrogens (tertiary/aromatic N) is 2. The van der Waals surface area contributed by atoms with Gasteiger partial charge in [0, 0.05) is 35.9 Å². The van der Waals surface area contributed by atoms with Gasteiger partial charge in [-0.05, 0) is 59.7 Å². The number of aromatic nitrogens is 1. The summed E-state index contributed by atoms with van der Waals surface area (Å²) in [7, 11) is -4.04. The monoisotopic (exact) mass is 574 g/mol. The zero-order chi connectivity index (χ0) is 28.3. The highest BCUT2D eigenvalue weighted by molar-refractivity contribution is 7.90. The van der Waals surface area contributed by atoms with Gasteiger partial charge in [0.05, 0.1) is 16.1 Å². The summed E-state index contributed by atoms with van der Waals surface area (Å²) in [5, 5.41) is 3.20. The van der Waals surface area contributed by atoms with Crippen molar-refractivity contribution < 1.29 is 22.8 Å². The predicted octanol–water partition coefficient (Wildman–Crippen LogP) is 4.06. The molecule has 0 saturated heterocycles. The maximum Gasteiger partial charge on any atom is 0.264 e. The number of nitrogens with one attached hydrogen (secondary N) is 2. The molecule has 1 aliphatic rings. The van der Waals surface area contributed by atoms with Crippen LogP contribution in [-0.4, -0.2) is 42.1 Å². The molecule has 1 atom stereocenters. The lowest BCUT2D eigenvalue weighted by atomic mass is 10.0. The van der Waals surface area contributed by atoms with Crippen molar-refractivity contribution in [3.05, 3.63) is 125 Å². The van der Waals surface area contributed by atoms with Gasteiger partial charge < -0.3 is 10.2 Å². The van der Waals surface area contributed by atoms with E-state index in [1.54, 1.807) is 60.9 Å². The third-order valence-corrected chi connectivity index (χ3v) is 7.99. The normalized spacial score (nSPS) is 15.1. The predicted molar refractivity (Wildman–Crippen MR) is 149 cm³/mol. The van der Waals surface area contributed by atoms with E-state index >= 15 is 0 Å². The van der Waals surface area contributed by atoms with Crippen LogP contribution in [-0.2, 0) is 27.8 Å². The van der Waals surface area contributed by atoms with Crippen LogP contribution < -0.4 is 10.0 Å². The Morgan fingerprint density at radius 1 is 0.950 bits per heavy atom. The second-order valence-electron chi connectivity index (χ2n) is 9.14. The van der Waals surface area contributed by atoms with Gasteiger partial charge in [0.15, 0.2) is 0 Å². The van der Waals surface area contributed by atoms with Gasteiger partial charge in [0.1, 0.15) is 6.04 Å². The summed E-state index contributed by atoms with van der Waals surface area (Å²) in [6.45, 7) is 0.0590. The van der Waals surface area contributed by atoms with Crippen LogP contribution >= 0.6 is 11.6 Å². The highest BCUT2D eigenvalue weighted by Gasteiger charge is 2.35. The van der Waals surface area contributed by atoms with Crippen LogP contribution in [0.1, 0.15) is 31.8 Å². The summed E-state index contributed by atoms with van der Waals surface area (Å²) >= 11 is 6.12. The van der Waals surface area contributed by atoms with Crippen LogP contribution in [0.5, 0.6) is 0 Å². The van der Waals surface area contributed by atoms with E-state index in [1.165, 1.54) is 35.2 Å². The lowest BCUT2D eigenvalue weighted by molar-refractivity contribution is -0.120. The number of hydrogen-bond acceptors (Lipinski definition) is 6. The summed E-state index contributed by atoms with van der Waals surface area (Å²) < 4.78 is 27.1. The maximum absolute atomic E-state index is 13.7. The van der Waals surface area contributed by atoms with Crippen LogP contribution in [0.3, 0.4) is 0 Å². The first-order chi connectivity index (χ1) is 19.2. The van der Waals surface area contributed by atoms with Gasteiger partial charge >= 0.3 is 0 Å². The molecular weight excluding hydrogens is 552 g/mol. The van der Waals surface area contributed by atoms with Crippen molar-refractivity contribution in [3.8, 4) is 0 Å². The van der Waals surface area contributed by atoms with Crippen molar-refractivity contribution in [2.45, 2.75) is 23.9 Å². The number of halogens is 1. The van der Waals surface area contributed by atoms with E-state index in [-0.39, 0.29) is 35.2 Å². The van der Waals surface area contributed by atoms with Gasteiger partial charge in [-0.2, -0.15) is 0 Å². The molecule has 40 heavy (non-hydrogen) atoms. The molecular formula is C29H23ClN4O5S. The van der Waals surface area contributed by atoms with Crippen molar-refractivity contribution in [3.63, 3.8) is 0 Å². The molecule has 4 aromatic rings. The molecule has 2 heterocycles. The molecule has 0 unspecified atom stereocenters. The fourth-order valence-electron chi connectivity index (χ4n) is 4.38. The lowest BCUT2D eigenvalue weighted by Crippen LogP contribution is -2.46. The average molecular weight is 575 g/mol. The molecule has 9 nitrogen and oxygen atoms in total. The van der Waals surface area contributed by atoms with Crippen LogP contribution in [0.4, 0.5) is 5.69 Å². The Kier molecular flexibility index (Phi) is 7.63. The largest absolute Gasteiger partial charge is 0.323 e. The van der Waals surface area contributed by atoms with E-state index in [0.717, 1.165) is 5.56 Å². The Balaban J connectivity index is 1.40. The topological polar surface area (TPSA) is 126 Å². The van der Waals surface area contributed by atoms with Crippen molar-refractivity contribution in [1.82, 2.24) is 14.6 Å². The molecule has 202 valence electrons. The van der Waals surface area contributed by atoms with Gasteiger partial charge in [-0.15, -0.1) is 0 Å². The quantitative estimate of drug-likeness (QED) is 0.343. The molecule has 0 aliphatic carbocycles. The van der Waals surface area contributed by atoms with E-state index in [9.17, 15) is 22.8 Å². The Bertz CT molecular complexity index is 1680. The molecule has 5 rings (SSSR count). The number of fused-ring (bicyclic) bond motifs is 1. The number of benzene rings is 3. The Morgan fingerprint density at radius 2 is 1.70 bits per heavy atom. The van der Waals surface area contributed by atoms with E-state index in [1.807, 2.05) is 6.07 Å². The SMILES string of the molecule is O=C(NS(=O)(=O)c1ccccc1)c1ccc(CN2C(=O)c3ccc(Cl)cc3NC(=O)[C@H]2Cc2cccnc2)cc1. The molecule has 3 amide bonds. The number of sulfonamides is 1. The molecule has 1 aliphatic heterocycles. The van der Waals surface area contributed by atoms with Crippen molar-refractivity contribution in [2.75, 3.05) is 5.32 Å². The molecule has 0 radical (unpaired) electrons. The van der Waals surface area contributed by atoms with E-state index in [2.05, 4.69) is 15.0 Å². The summed E-state index contributed by atoms with van der Waals surface area (Å²) in [5.41, 5.74) is 2.16. The second-order valence-corrected chi connectivity index (χ2v) is 11.3. The van der Waals surface area contributed by atoms with E-state index in [0.29, 0.717) is 21.8 Å². The van der Waals surface area contributed by atoms with Crippen LogP contribution in [0.2, 0.25) is 5.02 Å². The minimum absolute atomic E-state index is 0.0286. The standard InChI is InChI=1S/C29H23ClN4O5S/c30-22-12-13-24-25(16-22)32-28(36)26(15-20-5-4-14-31-17-20)34(29(24)37)18-19-8-10-21(11-9-19)27(35)33-40(38,39)23-6-2-1-3-7-23/h1-14,16-17,26H,15,18H2,(H,32,36)(H,33,35)/t26-/m1/s1. The highest BCUT2D eigenvalue weighted by atomic mass is 35.5. The first kappa shape index (κ1) is 27.0. The smallest absolute Gasteiger partial charge is 0.264 e. The van der Waals surface area contributed by atoms with Gasteiger partial charge in [0.25, 0.3) is 21.8 Å². The van der Waals surface area contributed by atoms with Crippen LogP contribution in [0.15, 0.2) is 102 Å². The number of rotatable bonds is 7. The van der Waals surface area contributed by atoms with Crippen LogP contribution in [0.25, 0.3) is 0 Å². The first-order valence-electron chi connectivity index (χ1n) is 12.2. The van der Waals surface area contributed by atoms with Gasteiger partial charge in [-0.25, -0.2) is 13.1 Å². The first-order valence-corrected chi connectivity index (χ1v) is 14.1. The number of pyridine rings is 1.